The molecule has 0 aliphatic heterocycles. The fraction of sp³-hybridized carbons (Fsp3) is 0.0417. The summed E-state index contributed by atoms with van der Waals surface area (Å²) in [5, 5.41) is 5.57. The smallest absolute Gasteiger partial charge is 0.374 e. The van der Waals surface area contributed by atoms with Crippen LogP contribution in [0.2, 0.25) is 0 Å². The summed E-state index contributed by atoms with van der Waals surface area (Å²) in [6.07, 6.45) is 0. The number of aromatic nitrogens is 1. The number of rotatable bonds is 5. The Morgan fingerprint density at radius 3 is 2.61 bits per heavy atom. The minimum atomic E-state index is -0.541. The van der Waals surface area contributed by atoms with Crippen LogP contribution in [0.25, 0.3) is 32.3 Å². The molecule has 1 amide bonds. The maximum absolute atomic E-state index is 12.5. The molecule has 0 saturated carbocycles. The molecule has 0 atom stereocenters. The van der Waals surface area contributed by atoms with E-state index in [2.05, 4.69) is 4.98 Å². The molecule has 0 saturated heterocycles. The first-order chi connectivity index (χ1) is 15.1. The van der Waals surface area contributed by atoms with Gasteiger partial charge in [-0.2, -0.15) is 0 Å². The van der Waals surface area contributed by atoms with Crippen LogP contribution in [-0.4, -0.2) is 16.9 Å². The molecule has 152 valence electrons. The van der Waals surface area contributed by atoms with Crippen LogP contribution in [0, 0.1) is 0 Å². The van der Waals surface area contributed by atoms with E-state index in [1.54, 1.807) is 30.3 Å². The number of benzene rings is 3. The van der Waals surface area contributed by atoms with Gasteiger partial charge in [-0.3, -0.25) is 4.79 Å². The van der Waals surface area contributed by atoms with Gasteiger partial charge in [0.05, 0.1) is 5.69 Å². The van der Waals surface area contributed by atoms with Crippen molar-refractivity contribution in [3.05, 3.63) is 89.1 Å². The first-order valence-corrected chi connectivity index (χ1v) is 10.4. The second-order valence-corrected chi connectivity index (χ2v) is 7.83. The Morgan fingerprint density at radius 1 is 1.00 bits per heavy atom. The molecule has 6 nitrogen and oxygen atoms in total. The molecule has 0 spiro atoms. The van der Waals surface area contributed by atoms with Gasteiger partial charge in [0.15, 0.2) is 0 Å². The third-order valence-electron chi connectivity index (χ3n) is 4.95. The molecule has 5 aromatic rings. The van der Waals surface area contributed by atoms with Gasteiger partial charge in [-0.05, 0) is 35.0 Å². The summed E-state index contributed by atoms with van der Waals surface area (Å²) in [4.78, 5) is 28.2. The normalized spacial score (nSPS) is 11.1. The highest BCUT2D eigenvalue weighted by molar-refractivity contribution is 7.13. The number of fused-ring (bicyclic) bond motifs is 3. The first kappa shape index (κ1) is 19.0. The average Bonchev–Trinajstić information content (AvgIpc) is 3.45. The second kappa shape index (κ2) is 7.70. The molecule has 2 N–H and O–H groups in total. The Labute approximate surface area is 180 Å². The van der Waals surface area contributed by atoms with Crippen LogP contribution in [0.15, 0.2) is 76.5 Å². The monoisotopic (exact) mass is 428 g/mol. The van der Waals surface area contributed by atoms with Crippen LogP contribution in [0.5, 0.6) is 0 Å². The van der Waals surface area contributed by atoms with E-state index in [4.69, 9.17) is 14.9 Å². The zero-order valence-electron chi connectivity index (χ0n) is 16.2. The van der Waals surface area contributed by atoms with E-state index < -0.39 is 11.9 Å². The van der Waals surface area contributed by atoms with Crippen molar-refractivity contribution in [1.29, 1.82) is 0 Å². The molecular weight excluding hydrogens is 412 g/mol. The summed E-state index contributed by atoms with van der Waals surface area (Å²) >= 11 is 1.43. The number of carbonyl (C=O) groups is 2. The Bertz CT molecular complexity index is 1430. The van der Waals surface area contributed by atoms with Crippen LogP contribution < -0.4 is 5.73 Å². The van der Waals surface area contributed by atoms with E-state index in [-0.39, 0.29) is 12.4 Å². The number of hydrogen-bond donors (Lipinski definition) is 1. The van der Waals surface area contributed by atoms with Gasteiger partial charge in [-0.25, -0.2) is 9.78 Å². The van der Waals surface area contributed by atoms with E-state index in [0.29, 0.717) is 16.8 Å². The van der Waals surface area contributed by atoms with Gasteiger partial charge in [0.1, 0.15) is 17.2 Å². The lowest BCUT2D eigenvalue weighted by molar-refractivity contribution is 0.0434. The van der Waals surface area contributed by atoms with Gasteiger partial charge in [0.2, 0.25) is 11.7 Å². The molecule has 7 heteroatoms. The molecule has 0 fully saturated rings. The fourth-order valence-electron chi connectivity index (χ4n) is 3.39. The van der Waals surface area contributed by atoms with Gasteiger partial charge >= 0.3 is 5.97 Å². The van der Waals surface area contributed by atoms with Crippen LogP contribution in [-0.2, 0) is 11.3 Å². The predicted octanol–water partition coefficient (Wildman–Crippen LogP) is 5.17. The lowest BCUT2D eigenvalue weighted by Gasteiger charge is -2.00. The standard InChI is InChI=1S/C24H16N2O4S/c25-22(27)15-5-7-16(8-6-15)23-26-17(13-31-23)12-29-24(28)21-11-19-18-4-2-1-3-14(18)9-10-20(19)30-21/h1-11,13H,12H2,(H2,25,27). The third-order valence-corrected chi connectivity index (χ3v) is 5.89. The lowest BCUT2D eigenvalue weighted by atomic mass is 10.1. The molecular formula is C24H16N2O4S. The molecule has 0 radical (unpaired) electrons. The van der Waals surface area contributed by atoms with Crippen molar-refractivity contribution in [2.75, 3.05) is 0 Å². The number of amides is 1. The van der Waals surface area contributed by atoms with Crippen LogP contribution in [0.3, 0.4) is 0 Å². The van der Waals surface area contributed by atoms with Crippen molar-refractivity contribution in [3.8, 4) is 10.6 Å². The van der Waals surface area contributed by atoms with Gasteiger partial charge < -0.3 is 14.9 Å². The van der Waals surface area contributed by atoms with Crippen molar-refractivity contribution >= 4 is 45.0 Å². The van der Waals surface area contributed by atoms with Crippen LogP contribution in [0.4, 0.5) is 0 Å². The highest BCUT2D eigenvalue weighted by Crippen LogP contribution is 2.29. The van der Waals surface area contributed by atoms with Crippen molar-refractivity contribution in [2.45, 2.75) is 6.61 Å². The summed E-state index contributed by atoms with van der Waals surface area (Å²) < 4.78 is 11.1. The molecule has 31 heavy (non-hydrogen) atoms. The van der Waals surface area contributed by atoms with E-state index in [9.17, 15) is 9.59 Å². The minimum Gasteiger partial charge on any atom is -0.453 e. The fourth-order valence-corrected chi connectivity index (χ4v) is 4.20. The molecule has 5 rings (SSSR count). The minimum absolute atomic E-state index is 0.0342. The molecule has 0 aliphatic rings. The number of esters is 1. The number of primary amides is 1. The maximum atomic E-state index is 12.5. The second-order valence-electron chi connectivity index (χ2n) is 6.97. The average molecular weight is 428 g/mol. The zero-order valence-corrected chi connectivity index (χ0v) is 17.0. The van der Waals surface area contributed by atoms with Gasteiger partial charge in [-0.15, -0.1) is 11.3 Å². The Hall–Kier alpha value is -3.97. The summed E-state index contributed by atoms with van der Waals surface area (Å²) in [7, 11) is 0. The Morgan fingerprint density at radius 2 is 1.81 bits per heavy atom. The van der Waals surface area contributed by atoms with E-state index in [1.807, 2.05) is 41.8 Å². The van der Waals surface area contributed by atoms with Crippen molar-refractivity contribution in [2.24, 2.45) is 5.73 Å². The van der Waals surface area contributed by atoms with Crippen molar-refractivity contribution in [1.82, 2.24) is 4.98 Å². The van der Waals surface area contributed by atoms with E-state index in [1.165, 1.54) is 11.3 Å². The topological polar surface area (TPSA) is 95.4 Å². The number of furan rings is 1. The maximum Gasteiger partial charge on any atom is 0.374 e. The first-order valence-electron chi connectivity index (χ1n) is 9.51. The largest absolute Gasteiger partial charge is 0.453 e. The number of nitrogens with two attached hydrogens (primary N) is 1. The van der Waals surface area contributed by atoms with Crippen LogP contribution >= 0.6 is 11.3 Å². The number of ether oxygens (including phenoxy) is 1. The lowest BCUT2D eigenvalue weighted by Crippen LogP contribution is -2.10. The van der Waals surface area contributed by atoms with Gasteiger partial charge in [0.25, 0.3) is 0 Å². The Balaban J connectivity index is 1.31. The Kier molecular flexibility index (Phi) is 4.72. The highest BCUT2D eigenvalue weighted by atomic mass is 32.1. The SMILES string of the molecule is NC(=O)c1ccc(-c2nc(COC(=O)c3cc4c(ccc5ccccc54)o3)cs2)cc1. The summed E-state index contributed by atoms with van der Waals surface area (Å²) in [5.74, 6) is -0.860. The predicted molar refractivity (Wildman–Crippen MR) is 119 cm³/mol. The van der Waals surface area contributed by atoms with E-state index in [0.717, 1.165) is 26.7 Å². The number of thiazole rings is 1. The van der Waals surface area contributed by atoms with E-state index >= 15 is 0 Å². The van der Waals surface area contributed by atoms with Gasteiger partial charge in [-0.1, -0.05) is 42.5 Å². The zero-order chi connectivity index (χ0) is 21.4. The summed E-state index contributed by atoms with van der Waals surface area (Å²) in [6.45, 7) is 0.0342. The molecule has 0 bridgehead atoms. The van der Waals surface area contributed by atoms with Gasteiger partial charge in [0, 0.05) is 21.9 Å². The molecule has 0 aliphatic carbocycles. The molecule has 0 unspecified atom stereocenters. The number of carbonyl (C=O) groups excluding carboxylic acids is 2. The van der Waals surface area contributed by atoms with Crippen LogP contribution in [0.1, 0.15) is 26.6 Å². The highest BCUT2D eigenvalue weighted by Gasteiger charge is 2.16. The number of hydrogen-bond acceptors (Lipinski definition) is 6. The molecule has 3 aromatic carbocycles. The molecule has 2 heterocycles. The summed E-state index contributed by atoms with van der Waals surface area (Å²) in [6, 6.07) is 20.3. The van der Waals surface area contributed by atoms with Crippen molar-refractivity contribution in [3.63, 3.8) is 0 Å². The number of nitrogens with zero attached hydrogens (tertiary/aromatic N) is 1. The summed E-state index contributed by atoms with van der Waals surface area (Å²) in [5.41, 5.74) is 7.84. The third kappa shape index (κ3) is 3.67. The molecule has 2 aromatic heterocycles. The quantitative estimate of drug-likeness (QED) is 0.390. The van der Waals surface area contributed by atoms with Crippen molar-refractivity contribution < 1.29 is 18.7 Å².